The summed E-state index contributed by atoms with van der Waals surface area (Å²) in [6.07, 6.45) is 5.34. The van der Waals surface area contributed by atoms with Crippen LogP contribution in [0.1, 0.15) is 23.3 Å². The average Bonchev–Trinajstić information content (AvgIpc) is 3.39. The van der Waals surface area contributed by atoms with E-state index in [0.29, 0.717) is 28.5 Å². The highest BCUT2D eigenvalue weighted by molar-refractivity contribution is 6.03. The van der Waals surface area contributed by atoms with Crippen LogP contribution in [0.4, 0.5) is 11.6 Å². The van der Waals surface area contributed by atoms with E-state index in [9.17, 15) is 9.59 Å². The van der Waals surface area contributed by atoms with Crippen LogP contribution >= 0.6 is 0 Å². The van der Waals surface area contributed by atoms with E-state index in [1.165, 1.54) is 0 Å². The lowest BCUT2D eigenvalue weighted by Crippen LogP contribution is -2.15. The normalized spacial score (nSPS) is 13.2. The quantitative estimate of drug-likeness (QED) is 0.501. The van der Waals surface area contributed by atoms with Gasteiger partial charge in [0.1, 0.15) is 17.2 Å². The number of nitrogens with one attached hydrogen (secondary N) is 2. The molecule has 4 aromatic rings. The molecule has 9 heteroatoms. The summed E-state index contributed by atoms with van der Waals surface area (Å²) in [4.78, 5) is 28.6. The van der Waals surface area contributed by atoms with Gasteiger partial charge in [-0.15, -0.1) is 5.10 Å². The highest BCUT2D eigenvalue weighted by Crippen LogP contribution is 2.30. The molecular weight excluding hydrogens is 396 g/mol. The van der Waals surface area contributed by atoms with Crippen molar-refractivity contribution in [3.05, 3.63) is 66.6 Å². The fourth-order valence-corrected chi connectivity index (χ4v) is 3.20. The lowest BCUT2D eigenvalue weighted by Gasteiger charge is -2.09. The van der Waals surface area contributed by atoms with Crippen LogP contribution in [-0.2, 0) is 11.8 Å². The Labute approximate surface area is 177 Å². The molecule has 9 nitrogen and oxygen atoms in total. The second-order valence-electron chi connectivity index (χ2n) is 7.45. The lowest BCUT2D eigenvalue weighted by atomic mass is 10.3. The summed E-state index contributed by atoms with van der Waals surface area (Å²) in [6.45, 7) is 0. The number of hydrogen-bond acceptors (Lipinski definition) is 5. The Kier molecular flexibility index (Phi) is 4.62. The van der Waals surface area contributed by atoms with Crippen LogP contribution in [0.5, 0.6) is 11.5 Å². The van der Waals surface area contributed by atoms with Crippen molar-refractivity contribution in [1.29, 1.82) is 0 Å². The molecule has 3 aromatic heterocycles. The largest absolute Gasteiger partial charge is 0.456 e. The van der Waals surface area contributed by atoms with Gasteiger partial charge in [0.05, 0.1) is 6.20 Å². The molecule has 0 spiro atoms. The third-order valence-electron chi connectivity index (χ3n) is 4.99. The van der Waals surface area contributed by atoms with Gasteiger partial charge in [-0.3, -0.25) is 14.9 Å². The molecule has 2 N–H and O–H groups in total. The minimum atomic E-state index is -0.200. The Morgan fingerprint density at radius 1 is 1.06 bits per heavy atom. The molecule has 1 aromatic carbocycles. The van der Waals surface area contributed by atoms with Crippen LogP contribution < -0.4 is 15.4 Å². The monoisotopic (exact) mass is 416 g/mol. The average molecular weight is 416 g/mol. The van der Waals surface area contributed by atoms with Crippen molar-refractivity contribution < 1.29 is 14.3 Å². The first-order valence-corrected chi connectivity index (χ1v) is 9.93. The summed E-state index contributed by atoms with van der Waals surface area (Å²) in [6, 6.07) is 14.2. The molecule has 5 rings (SSSR count). The first-order chi connectivity index (χ1) is 15.0. The molecule has 0 aliphatic heterocycles. The van der Waals surface area contributed by atoms with E-state index in [0.717, 1.165) is 12.8 Å². The summed E-state index contributed by atoms with van der Waals surface area (Å²) in [7, 11) is 1.82. The van der Waals surface area contributed by atoms with Gasteiger partial charge in [-0.05, 0) is 49.2 Å². The van der Waals surface area contributed by atoms with Gasteiger partial charge < -0.3 is 14.6 Å². The number of hydrogen-bond donors (Lipinski definition) is 2. The van der Waals surface area contributed by atoms with Gasteiger partial charge in [-0.25, -0.2) is 4.52 Å². The molecule has 0 unspecified atom stereocenters. The number of benzene rings is 1. The van der Waals surface area contributed by atoms with E-state index in [1.807, 2.05) is 19.3 Å². The smallest absolute Gasteiger partial charge is 0.272 e. The summed E-state index contributed by atoms with van der Waals surface area (Å²) in [5, 5.41) is 9.90. The highest BCUT2D eigenvalue weighted by atomic mass is 16.5. The topological polar surface area (TPSA) is 103 Å². The van der Waals surface area contributed by atoms with Crippen molar-refractivity contribution in [1.82, 2.24) is 19.2 Å². The fraction of sp³-hybridized carbons (Fsp3) is 0.182. The van der Waals surface area contributed by atoms with Crippen LogP contribution in [0.15, 0.2) is 60.9 Å². The van der Waals surface area contributed by atoms with Crippen LogP contribution in [-0.4, -0.2) is 31.0 Å². The van der Waals surface area contributed by atoms with E-state index < -0.39 is 0 Å². The number of amides is 2. The maximum absolute atomic E-state index is 12.4. The molecular formula is C22H20N6O3. The van der Waals surface area contributed by atoms with E-state index in [4.69, 9.17) is 4.74 Å². The number of aromatic nitrogens is 4. The molecule has 0 bridgehead atoms. The zero-order chi connectivity index (χ0) is 21.4. The van der Waals surface area contributed by atoms with E-state index in [-0.39, 0.29) is 23.7 Å². The molecule has 0 radical (unpaired) electrons. The van der Waals surface area contributed by atoms with Crippen molar-refractivity contribution in [2.75, 3.05) is 10.6 Å². The first-order valence-electron chi connectivity index (χ1n) is 9.93. The van der Waals surface area contributed by atoms with Crippen molar-refractivity contribution >= 4 is 29.1 Å². The van der Waals surface area contributed by atoms with Crippen molar-refractivity contribution in [2.24, 2.45) is 13.0 Å². The third kappa shape index (κ3) is 4.11. The molecule has 1 saturated carbocycles. The standard InChI is InChI=1S/C22H20N6O3/c1-27-11-3-6-18(27)21(30)23-15-4-2-5-16(12-15)31-17-9-10-19-24-22(26-28(19)13-17)25-20(29)14-7-8-14/h2-6,9-14H,7-8H2,1H3,(H,23,30)(H,25,26,29). The summed E-state index contributed by atoms with van der Waals surface area (Å²) >= 11 is 0. The molecule has 1 aliphatic carbocycles. The number of fused-ring (bicyclic) bond motifs is 1. The van der Waals surface area contributed by atoms with Crippen LogP contribution in [0.25, 0.3) is 5.65 Å². The predicted molar refractivity (Wildman–Crippen MR) is 114 cm³/mol. The van der Waals surface area contributed by atoms with Gasteiger partial charge in [0.25, 0.3) is 5.91 Å². The molecule has 31 heavy (non-hydrogen) atoms. The maximum Gasteiger partial charge on any atom is 0.272 e. The Morgan fingerprint density at radius 3 is 2.71 bits per heavy atom. The van der Waals surface area contributed by atoms with Crippen molar-refractivity contribution in [3.63, 3.8) is 0 Å². The number of carbonyl (C=O) groups excluding carboxylic acids is 2. The number of rotatable bonds is 6. The number of nitrogens with zero attached hydrogens (tertiary/aromatic N) is 4. The van der Waals surface area contributed by atoms with Crippen molar-refractivity contribution in [2.45, 2.75) is 12.8 Å². The Morgan fingerprint density at radius 2 is 1.94 bits per heavy atom. The van der Waals surface area contributed by atoms with E-state index in [2.05, 4.69) is 20.7 Å². The molecule has 1 fully saturated rings. The van der Waals surface area contributed by atoms with Gasteiger partial charge in [0, 0.05) is 30.9 Å². The summed E-state index contributed by atoms with van der Waals surface area (Å²) in [5.74, 6) is 1.23. The zero-order valence-electron chi connectivity index (χ0n) is 16.8. The van der Waals surface area contributed by atoms with Gasteiger partial charge in [0.15, 0.2) is 5.65 Å². The molecule has 1 aliphatic rings. The number of anilines is 2. The SMILES string of the molecule is Cn1cccc1C(=O)Nc1cccc(Oc2ccc3nc(NC(=O)C4CC4)nn3c2)c1. The minimum absolute atomic E-state index is 0.0402. The first kappa shape index (κ1) is 18.9. The zero-order valence-corrected chi connectivity index (χ0v) is 16.8. The van der Waals surface area contributed by atoms with Crippen molar-refractivity contribution in [3.8, 4) is 11.5 Å². The molecule has 0 saturated heterocycles. The molecule has 3 heterocycles. The number of carbonyl (C=O) groups is 2. The Hall–Kier alpha value is -4.14. The molecule has 0 atom stereocenters. The Bertz CT molecular complexity index is 1290. The second-order valence-corrected chi connectivity index (χ2v) is 7.45. The molecule has 2 amide bonds. The van der Waals surface area contributed by atoms with E-state index in [1.54, 1.807) is 57.7 Å². The fourth-order valence-electron chi connectivity index (χ4n) is 3.20. The van der Waals surface area contributed by atoms with Crippen LogP contribution in [0.2, 0.25) is 0 Å². The minimum Gasteiger partial charge on any atom is -0.456 e. The predicted octanol–water partition coefficient (Wildman–Crippen LogP) is 3.46. The van der Waals surface area contributed by atoms with Gasteiger partial charge in [-0.2, -0.15) is 4.98 Å². The van der Waals surface area contributed by atoms with Crippen LogP contribution in [0, 0.1) is 5.92 Å². The van der Waals surface area contributed by atoms with Gasteiger partial charge in [-0.1, -0.05) is 6.07 Å². The van der Waals surface area contributed by atoms with Gasteiger partial charge >= 0.3 is 0 Å². The van der Waals surface area contributed by atoms with Gasteiger partial charge in [0.2, 0.25) is 11.9 Å². The third-order valence-corrected chi connectivity index (χ3v) is 4.99. The Balaban J connectivity index is 1.30. The lowest BCUT2D eigenvalue weighted by molar-refractivity contribution is -0.117. The summed E-state index contributed by atoms with van der Waals surface area (Å²) < 4.78 is 9.24. The second kappa shape index (κ2) is 7.60. The molecule has 156 valence electrons. The maximum atomic E-state index is 12.4. The number of ether oxygens (including phenoxy) is 1. The summed E-state index contributed by atoms with van der Waals surface area (Å²) in [5.41, 5.74) is 1.78. The number of pyridine rings is 1. The number of aryl methyl sites for hydroxylation is 1. The van der Waals surface area contributed by atoms with Crippen LogP contribution in [0.3, 0.4) is 0 Å². The highest BCUT2D eigenvalue weighted by Gasteiger charge is 2.30. The van der Waals surface area contributed by atoms with E-state index >= 15 is 0 Å².